The van der Waals surface area contributed by atoms with Gasteiger partial charge in [-0.05, 0) is 61.4 Å². The minimum Gasteiger partial charge on any atom is -0.485 e. The topological polar surface area (TPSA) is 108 Å². The van der Waals surface area contributed by atoms with E-state index in [0.29, 0.717) is 27.5 Å². The number of nitrogens with one attached hydrogen (secondary N) is 1. The van der Waals surface area contributed by atoms with Gasteiger partial charge in [0.1, 0.15) is 23.9 Å². The molecule has 4 aromatic rings. The van der Waals surface area contributed by atoms with Crippen LogP contribution in [0.2, 0.25) is 5.02 Å². The van der Waals surface area contributed by atoms with Crippen molar-refractivity contribution < 1.29 is 13.9 Å². The van der Waals surface area contributed by atoms with Crippen LogP contribution >= 0.6 is 23.4 Å². The van der Waals surface area contributed by atoms with Crippen molar-refractivity contribution in [3.8, 4) is 17.1 Å². The Bertz CT molecular complexity index is 1270. The molecule has 0 saturated carbocycles. The van der Waals surface area contributed by atoms with Crippen molar-refractivity contribution in [3.05, 3.63) is 82.3 Å². The molecule has 0 aliphatic rings. The molecule has 0 spiro atoms. The quantitative estimate of drug-likeness (QED) is 0.258. The molecular weight excluding hydrogens is 474 g/mol. The zero-order chi connectivity index (χ0) is 24.1. The van der Waals surface area contributed by atoms with Crippen molar-refractivity contribution in [1.29, 1.82) is 0 Å². The Morgan fingerprint density at radius 3 is 2.59 bits per heavy atom. The Labute approximate surface area is 206 Å². The second kappa shape index (κ2) is 10.7. The van der Waals surface area contributed by atoms with Crippen molar-refractivity contribution in [2.75, 3.05) is 11.6 Å². The molecule has 0 unspecified atom stereocenters. The van der Waals surface area contributed by atoms with E-state index in [1.165, 1.54) is 16.4 Å². The molecule has 4 rings (SSSR count). The molecule has 0 bridgehead atoms. The van der Waals surface area contributed by atoms with Crippen LogP contribution in [-0.2, 0) is 17.9 Å². The number of thioether (sulfide) groups is 1. The fourth-order valence-corrected chi connectivity index (χ4v) is 4.11. The van der Waals surface area contributed by atoms with Crippen molar-refractivity contribution in [3.63, 3.8) is 0 Å². The maximum absolute atomic E-state index is 12.3. The molecule has 3 N–H and O–H groups in total. The number of rotatable bonds is 9. The van der Waals surface area contributed by atoms with E-state index in [1.807, 2.05) is 56.3 Å². The maximum atomic E-state index is 12.3. The summed E-state index contributed by atoms with van der Waals surface area (Å²) >= 11 is 7.12. The van der Waals surface area contributed by atoms with Crippen molar-refractivity contribution in [2.45, 2.75) is 32.2 Å². The number of nitrogen functional groups attached to an aromatic ring is 1. The third-order valence-electron chi connectivity index (χ3n) is 5.07. The van der Waals surface area contributed by atoms with Crippen LogP contribution in [-0.4, -0.2) is 26.5 Å². The summed E-state index contributed by atoms with van der Waals surface area (Å²) in [7, 11) is 0. The van der Waals surface area contributed by atoms with Gasteiger partial charge in [-0.2, -0.15) is 0 Å². The van der Waals surface area contributed by atoms with Gasteiger partial charge >= 0.3 is 0 Å². The lowest BCUT2D eigenvalue weighted by Crippen LogP contribution is -2.25. The minimum absolute atomic E-state index is 0.137. The zero-order valence-electron chi connectivity index (χ0n) is 18.7. The molecule has 1 amide bonds. The van der Waals surface area contributed by atoms with Crippen molar-refractivity contribution >= 4 is 29.3 Å². The molecule has 8 nitrogen and oxygen atoms in total. The molecule has 2 heterocycles. The lowest BCUT2D eigenvalue weighted by molar-refractivity contribution is -0.118. The van der Waals surface area contributed by atoms with Gasteiger partial charge in [0.2, 0.25) is 11.1 Å². The number of carbonyl (C=O) groups excluding carboxylic acids is 1. The maximum Gasteiger partial charge on any atom is 0.230 e. The number of ether oxygens (including phenoxy) is 1. The van der Waals surface area contributed by atoms with E-state index in [1.54, 1.807) is 12.1 Å². The molecule has 176 valence electrons. The van der Waals surface area contributed by atoms with Crippen LogP contribution < -0.4 is 15.9 Å². The first kappa shape index (κ1) is 23.7. The molecule has 2 aromatic carbocycles. The summed E-state index contributed by atoms with van der Waals surface area (Å²) in [6.07, 6.45) is 0. The number of nitrogens with zero attached hydrogens (tertiary/aromatic N) is 3. The molecule has 0 fully saturated rings. The Morgan fingerprint density at radius 2 is 1.85 bits per heavy atom. The number of amides is 1. The smallest absolute Gasteiger partial charge is 0.230 e. The number of benzene rings is 2. The third kappa shape index (κ3) is 5.73. The Kier molecular flexibility index (Phi) is 7.44. The largest absolute Gasteiger partial charge is 0.485 e. The standard InChI is InChI=1S/C24H24ClN5O3S/c1-15-4-3-5-16(2)23(15)32-13-21-28-29-24(30(21)26)34-14-22(31)27-12-19-10-11-20(33-19)17-6-8-18(25)9-7-17/h3-11H,12-14,26H2,1-2H3,(H,27,31). The van der Waals surface area contributed by atoms with Crippen molar-refractivity contribution in [1.82, 2.24) is 20.2 Å². The number of hydrogen-bond acceptors (Lipinski definition) is 7. The van der Waals surface area contributed by atoms with E-state index in [-0.39, 0.29) is 24.8 Å². The summed E-state index contributed by atoms with van der Waals surface area (Å²) in [5.41, 5.74) is 2.98. The lowest BCUT2D eigenvalue weighted by atomic mass is 10.1. The highest BCUT2D eigenvalue weighted by Crippen LogP contribution is 2.25. The van der Waals surface area contributed by atoms with Crippen LogP contribution in [0.5, 0.6) is 5.75 Å². The molecule has 10 heteroatoms. The lowest BCUT2D eigenvalue weighted by Gasteiger charge is -2.11. The van der Waals surface area contributed by atoms with Gasteiger partial charge in [-0.15, -0.1) is 10.2 Å². The van der Waals surface area contributed by atoms with Gasteiger partial charge in [-0.1, -0.05) is 41.6 Å². The summed E-state index contributed by atoms with van der Waals surface area (Å²) < 4.78 is 13.0. The summed E-state index contributed by atoms with van der Waals surface area (Å²) in [5, 5.41) is 12.1. The van der Waals surface area contributed by atoms with E-state index >= 15 is 0 Å². The van der Waals surface area contributed by atoms with Crippen LogP contribution in [0.4, 0.5) is 0 Å². The van der Waals surface area contributed by atoms with Crippen LogP contribution in [0.3, 0.4) is 0 Å². The Morgan fingerprint density at radius 1 is 1.12 bits per heavy atom. The molecule has 0 saturated heterocycles. The predicted octanol–water partition coefficient (Wildman–Crippen LogP) is 4.51. The fourth-order valence-electron chi connectivity index (χ4n) is 3.28. The van der Waals surface area contributed by atoms with Gasteiger partial charge in [0, 0.05) is 10.6 Å². The second-order valence-electron chi connectivity index (χ2n) is 7.62. The highest BCUT2D eigenvalue weighted by Gasteiger charge is 2.14. The zero-order valence-corrected chi connectivity index (χ0v) is 20.3. The van der Waals surface area contributed by atoms with Crippen LogP contribution in [0.25, 0.3) is 11.3 Å². The molecule has 2 aromatic heterocycles. The monoisotopic (exact) mass is 497 g/mol. The summed E-state index contributed by atoms with van der Waals surface area (Å²) in [6, 6.07) is 17.0. The van der Waals surface area contributed by atoms with Gasteiger partial charge < -0.3 is 20.3 Å². The number of aryl methyl sites for hydroxylation is 2. The van der Waals surface area contributed by atoms with E-state index < -0.39 is 0 Å². The number of nitrogens with two attached hydrogens (primary N) is 1. The van der Waals surface area contributed by atoms with Gasteiger partial charge in [-0.3, -0.25) is 4.79 Å². The number of carbonyl (C=O) groups is 1. The van der Waals surface area contributed by atoms with E-state index in [0.717, 1.165) is 22.4 Å². The van der Waals surface area contributed by atoms with Crippen LogP contribution in [0.15, 0.2) is 64.2 Å². The van der Waals surface area contributed by atoms with Gasteiger partial charge in [-0.25, -0.2) is 4.68 Å². The van der Waals surface area contributed by atoms with Crippen LogP contribution in [0, 0.1) is 13.8 Å². The van der Waals surface area contributed by atoms with E-state index in [9.17, 15) is 4.79 Å². The summed E-state index contributed by atoms with van der Waals surface area (Å²) in [6.45, 7) is 4.42. The molecule has 0 radical (unpaired) electrons. The first-order valence-electron chi connectivity index (χ1n) is 10.5. The number of hydrogen-bond donors (Lipinski definition) is 2. The van der Waals surface area contributed by atoms with E-state index in [4.69, 9.17) is 26.6 Å². The number of halogens is 1. The second-order valence-corrected chi connectivity index (χ2v) is 9.00. The average molecular weight is 498 g/mol. The molecular formula is C24H24ClN5O3S. The fraction of sp³-hybridized carbons (Fsp3) is 0.208. The highest BCUT2D eigenvalue weighted by molar-refractivity contribution is 7.99. The SMILES string of the molecule is Cc1cccc(C)c1OCc1nnc(SCC(=O)NCc2ccc(-c3ccc(Cl)cc3)o2)n1N. The number of furan rings is 1. The predicted molar refractivity (Wildman–Crippen MR) is 132 cm³/mol. The average Bonchev–Trinajstić information content (AvgIpc) is 3.43. The van der Waals surface area contributed by atoms with E-state index in [2.05, 4.69) is 15.5 Å². The number of para-hydroxylation sites is 1. The molecule has 0 aliphatic heterocycles. The van der Waals surface area contributed by atoms with Gasteiger partial charge in [0.05, 0.1) is 12.3 Å². The first-order chi connectivity index (χ1) is 16.4. The first-order valence-corrected chi connectivity index (χ1v) is 11.9. The minimum atomic E-state index is -0.175. The van der Waals surface area contributed by atoms with Gasteiger partial charge in [0.15, 0.2) is 5.82 Å². The molecule has 0 atom stereocenters. The van der Waals surface area contributed by atoms with Crippen LogP contribution in [0.1, 0.15) is 22.7 Å². The Balaban J connectivity index is 1.26. The summed E-state index contributed by atoms with van der Waals surface area (Å²) in [4.78, 5) is 12.3. The molecule has 0 aliphatic carbocycles. The number of aromatic nitrogens is 3. The highest BCUT2D eigenvalue weighted by atomic mass is 35.5. The Hall–Kier alpha value is -3.43. The normalized spacial score (nSPS) is 10.9. The third-order valence-corrected chi connectivity index (χ3v) is 6.27. The van der Waals surface area contributed by atoms with Crippen molar-refractivity contribution in [2.24, 2.45) is 0 Å². The van der Waals surface area contributed by atoms with Gasteiger partial charge in [0.25, 0.3) is 0 Å². The molecule has 34 heavy (non-hydrogen) atoms. The summed E-state index contributed by atoms with van der Waals surface area (Å²) in [5.74, 6) is 8.69.